The van der Waals surface area contributed by atoms with Crippen molar-refractivity contribution in [2.45, 2.75) is 43.5 Å². The number of nitrogens with two attached hydrogens (primary N) is 1. The number of nitrogens with one attached hydrogen (secondary N) is 1. The van der Waals surface area contributed by atoms with Gasteiger partial charge in [-0.2, -0.15) is 0 Å². The molecule has 1 saturated carbocycles. The summed E-state index contributed by atoms with van der Waals surface area (Å²) in [6, 6.07) is 6.62. The Labute approximate surface area is 109 Å². The Kier molecular flexibility index (Phi) is 3.92. The van der Waals surface area contributed by atoms with E-state index in [2.05, 4.69) is 11.6 Å². The van der Waals surface area contributed by atoms with Crippen LogP contribution >= 0.6 is 0 Å². The Morgan fingerprint density at radius 3 is 2.67 bits per heavy atom. The fraction of sp³-hybridized carbons (Fsp3) is 0.538. The van der Waals surface area contributed by atoms with Crippen LogP contribution in [0.4, 0.5) is 5.69 Å². The Morgan fingerprint density at radius 1 is 1.28 bits per heavy atom. The van der Waals surface area contributed by atoms with Crippen molar-refractivity contribution < 1.29 is 8.42 Å². The quantitative estimate of drug-likeness (QED) is 0.825. The van der Waals surface area contributed by atoms with E-state index < -0.39 is 10.0 Å². The standard InChI is InChI=1S/C13H20N2O2S/c1-10-5-4-6-11(9-10)15-18(16,17)13-8-3-2-7-12(13)14/h2-3,7-8,10-11,15H,4-6,9,14H2,1H3/t10-,11-/m0/s1. The van der Waals surface area contributed by atoms with E-state index in [0.29, 0.717) is 11.6 Å². The predicted octanol–water partition coefficient (Wildman–Crippen LogP) is 2.13. The second kappa shape index (κ2) is 5.28. The molecular formula is C13H20N2O2S. The molecule has 0 saturated heterocycles. The molecule has 100 valence electrons. The highest BCUT2D eigenvalue weighted by Crippen LogP contribution is 2.25. The largest absolute Gasteiger partial charge is 0.398 e. The molecule has 1 aliphatic rings. The van der Waals surface area contributed by atoms with Crippen LogP contribution < -0.4 is 10.5 Å². The van der Waals surface area contributed by atoms with Gasteiger partial charge in [-0.25, -0.2) is 13.1 Å². The molecule has 1 fully saturated rings. The molecule has 1 aromatic rings. The molecule has 0 heterocycles. The molecule has 4 nitrogen and oxygen atoms in total. The normalized spacial score (nSPS) is 24.9. The molecule has 0 aromatic heterocycles. The van der Waals surface area contributed by atoms with Crippen molar-refractivity contribution in [2.75, 3.05) is 5.73 Å². The molecule has 0 radical (unpaired) electrons. The van der Waals surface area contributed by atoms with Crippen LogP contribution in [0.25, 0.3) is 0 Å². The minimum atomic E-state index is -3.49. The zero-order valence-electron chi connectivity index (χ0n) is 10.6. The highest BCUT2D eigenvalue weighted by atomic mass is 32.2. The molecule has 18 heavy (non-hydrogen) atoms. The lowest BCUT2D eigenvalue weighted by Gasteiger charge is -2.27. The van der Waals surface area contributed by atoms with Crippen molar-refractivity contribution in [1.82, 2.24) is 4.72 Å². The Balaban J connectivity index is 2.15. The molecule has 3 N–H and O–H groups in total. The van der Waals surface area contributed by atoms with Crippen LogP contribution in [0, 0.1) is 5.92 Å². The first-order valence-electron chi connectivity index (χ1n) is 6.36. The van der Waals surface area contributed by atoms with Crippen molar-refractivity contribution in [3.8, 4) is 0 Å². The first-order chi connectivity index (χ1) is 8.49. The number of nitrogen functional groups attached to an aromatic ring is 1. The summed E-state index contributed by atoms with van der Waals surface area (Å²) in [5.74, 6) is 0.583. The van der Waals surface area contributed by atoms with Crippen LogP contribution in [0.1, 0.15) is 32.6 Å². The molecule has 1 aliphatic carbocycles. The van der Waals surface area contributed by atoms with Gasteiger partial charge in [-0.1, -0.05) is 31.9 Å². The van der Waals surface area contributed by atoms with Gasteiger partial charge in [0.1, 0.15) is 4.90 Å². The molecule has 2 rings (SSSR count). The lowest BCUT2D eigenvalue weighted by atomic mass is 9.88. The minimum absolute atomic E-state index is 0.0401. The van der Waals surface area contributed by atoms with Gasteiger partial charge >= 0.3 is 0 Å². The third-order valence-electron chi connectivity index (χ3n) is 3.47. The minimum Gasteiger partial charge on any atom is -0.398 e. The summed E-state index contributed by atoms with van der Waals surface area (Å²) in [5.41, 5.74) is 6.02. The zero-order valence-corrected chi connectivity index (χ0v) is 11.4. The molecule has 5 heteroatoms. The zero-order chi connectivity index (χ0) is 13.2. The molecule has 0 amide bonds. The average molecular weight is 268 g/mol. The molecular weight excluding hydrogens is 248 g/mol. The van der Waals surface area contributed by atoms with E-state index in [-0.39, 0.29) is 10.9 Å². The maximum atomic E-state index is 12.2. The SMILES string of the molecule is C[C@H]1CCC[C@H](NS(=O)(=O)c2ccccc2N)C1. The third kappa shape index (κ3) is 3.03. The van der Waals surface area contributed by atoms with E-state index >= 15 is 0 Å². The summed E-state index contributed by atoms with van der Waals surface area (Å²) < 4.78 is 27.2. The molecule has 0 spiro atoms. The number of rotatable bonds is 3. The number of anilines is 1. The van der Waals surface area contributed by atoms with Gasteiger partial charge in [-0.3, -0.25) is 0 Å². The van der Waals surface area contributed by atoms with E-state index in [0.717, 1.165) is 19.3 Å². The van der Waals surface area contributed by atoms with Crippen molar-refractivity contribution in [1.29, 1.82) is 0 Å². The van der Waals surface area contributed by atoms with Crippen LogP contribution in [0.2, 0.25) is 0 Å². The van der Waals surface area contributed by atoms with Gasteiger partial charge in [0, 0.05) is 6.04 Å². The first-order valence-corrected chi connectivity index (χ1v) is 7.84. The lowest BCUT2D eigenvalue weighted by molar-refractivity contribution is 0.327. The Bertz CT molecular complexity index is 513. The summed E-state index contributed by atoms with van der Waals surface area (Å²) in [5, 5.41) is 0. The van der Waals surface area contributed by atoms with Crippen LogP contribution in [-0.4, -0.2) is 14.5 Å². The van der Waals surface area contributed by atoms with Gasteiger partial charge in [0.15, 0.2) is 0 Å². The van der Waals surface area contributed by atoms with Crippen molar-refractivity contribution >= 4 is 15.7 Å². The molecule has 0 unspecified atom stereocenters. The summed E-state index contributed by atoms with van der Waals surface area (Å²) in [7, 11) is -3.49. The highest BCUT2D eigenvalue weighted by molar-refractivity contribution is 7.89. The topological polar surface area (TPSA) is 72.2 Å². The van der Waals surface area contributed by atoms with Gasteiger partial charge in [0.25, 0.3) is 0 Å². The second-order valence-corrected chi connectivity index (χ2v) is 6.81. The molecule has 0 bridgehead atoms. The number of sulfonamides is 1. The number of hydrogen-bond donors (Lipinski definition) is 2. The number of benzene rings is 1. The van der Waals surface area contributed by atoms with E-state index in [1.54, 1.807) is 24.3 Å². The van der Waals surface area contributed by atoms with E-state index in [4.69, 9.17) is 5.73 Å². The van der Waals surface area contributed by atoms with Crippen molar-refractivity contribution in [2.24, 2.45) is 5.92 Å². The first kappa shape index (κ1) is 13.4. The summed E-state index contributed by atoms with van der Waals surface area (Å²) in [4.78, 5) is 0.184. The van der Waals surface area contributed by atoms with Gasteiger partial charge in [-0.05, 0) is 30.9 Å². The van der Waals surface area contributed by atoms with Gasteiger partial charge in [-0.15, -0.1) is 0 Å². The van der Waals surface area contributed by atoms with Crippen LogP contribution in [0.5, 0.6) is 0 Å². The summed E-state index contributed by atoms with van der Waals surface area (Å²) >= 11 is 0. The molecule has 1 aromatic carbocycles. The van der Waals surface area contributed by atoms with Crippen molar-refractivity contribution in [3.05, 3.63) is 24.3 Å². The van der Waals surface area contributed by atoms with E-state index in [1.807, 2.05) is 0 Å². The fourth-order valence-corrected chi connectivity index (χ4v) is 3.97. The van der Waals surface area contributed by atoms with Crippen molar-refractivity contribution in [3.63, 3.8) is 0 Å². The third-order valence-corrected chi connectivity index (χ3v) is 5.06. The monoisotopic (exact) mass is 268 g/mol. The summed E-state index contributed by atoms with van der Waals surface area (Å²) in [6.07, 6.45) is 4.09. The Hall–Kier alpha value is -1.07. The maximum absolute atomic E-state index is 12.2. The van der Waals surface area contributed by atoms with Crippen LogP contribution in [0.3, 0.4) is 0 Å². The second-order valence-electron chi connectivity index (χ2n) is 5.13. The predicted molar refractivity (Wildman–Crippen MR) is 72.6 cm³/mol. The number of para-hydroxylation sites is 1. The van der Waals surface area contributed by atoms with Gasteiger partial charge in [0.05, 0.1) is 5.69 Å². The fourth-order valence-electron chi connectivity index (χ4n) is 2.55. The maximum Gasteiger partial charge on any atom is 0.242 e. The average Bonchev–Trinajstić information content (AvgIpc) is 2.28. The van der Waals surface area contributed by atoms with Crippen LogP contribution in [0.15, 0.2) is 29.2 Å². The van der Waals surface area contributed by atoms with E-state index in [9.17, 15) is 8.42 Å². The smallest absolute Gasteiger partial charge is 0.242 e. The number of hydrogen-bond acceptors (Lipinski definition) is 3. The van der Waals surface area contributed by atoms with Gasteiger partial charge < -0.3 is 5.73 Å². The highest BCUT2D eigenvalue weighted by Gasteiger charge is 2.25. The van der Waals surface area contributed by atoms with Gasteiger partial charge in [0.2, 0.25) is 10.0 Å². The Morgan fingerprint density at radius 2 is 2.00 bits per heavy atom. The summed E-state index contributed by atoms with van der Waals surface area (Å²) in [6.45, 7) is 2.16. The van der Waals surface area contributed by atoms with Crippen LogP contribution in [-0.2, 0) is 10.0 Å². The lowest BCUT2D eigenvalue weighted by Crippen LogP contribution is -2.38. The molecule has 0 aliphatic heterocycles. The molecule has 2 atom stereocenters. The van der Waals surface area contributed by atoms with E-state index in [1.165, 1.54) is 6.42 Å².